The molecule has 0 amide bonds. The van der Waals surface area contributed by atoms with Crippen molar-refractivity contribution < 1.29 is 4.79 Å². The van der Waals surface area contributed by atoms with Crippen LogP contribution >= 0.6 is 0 Å². The van der Waals surface area contributed by atoms with Gasteiger partial charge in [-0.3, -0.25) is 9.48 Å². The highest BCUT2D eigenvalue weighted by Crippen LogP contribution is 2.26. The van der Waals surface area contributed by atoms with Gasteiger partial charge in [0.25, 0.3) is 0 Å². The average Bonchev–Trinajstić information content (AvgIpc) is 2.76. The minimum Gasteiger partial charge on any atom is -0.296 e. The molecule has 1 aliphatic rings. The summed E-state index contributed by atoms with van der Waals surface area (Å²) in [5.41, 5.74) is 0.429. The molecule has 82 valence electrons. The summed E-state index contributed by atoms with van der Waals surface area (Å²) in [5.74, 6) is 0.850. The molecule has 0 N–H and O–H groups in total. The second kappa shape index (κ2) is 5.05. The average molecular weight is 207 g/mol. The van der Waals surface area contributed by atoms with Crippen LogP contribution in [0, 0.1) is 5.92 Å². The lowest BCUT2D eigenvalue weighted by Gasteiger charge is -2.20. The van der Waals surface area contributed by atoms with Gasteiger partial charge >= 0.3 is 0 Å². The summed E-state index contributed by atoms with van der Waals surface area (Å²) < 4.78 is 1.78. The Balaban J connectivity index is 1.79. The van der Waals surface area contributed by atoms with Crippen molar-refractivity contribution in [2.24, 2.45) is 5.92 Å². The Kier molecular flexibility index (Phi) is 3.48. The fourth-order valence-electron chi connectivity index (χ4n) is 2.27. The van der Waals surface area contributed by atoms with E-state index in [2.05, 4.69) is 10.3 Å². The second-order valence-corrected chi connectivity index (χ2v) is 4.32. The van der Waals surface area contributed by atoms with E-state index in [1.165, 1.54) is 38.5 Å². The van der Waals surface area contributed by atoms with Crippen LogP contribution in [-0.2, 0) is 6.54 Å². The van der Waals surface area contributed by atoms with Crippen LogP contribution in [-0.4, -0.2) is 21.3 Å². The molecule has 0 unspecified atom stereocenters. The summed E-state index contributed by atoms with van der Waals surface area (Å²) in [6.45, 7) is 0.894. The van der Waals surface area contributed by atoms with E-state index in [1.54, 1.807) is 10.9 Å². The number of rotatable bonds is 4. The Hall–Kier alpha value is -1.19. The van der Waals surface area contributed by atoms with Gasteiger partial charge < -0.3 is 0 Å². The maximum atomic E-state index is 10.4. The first-order chi connectivity index (χ1) is 7.38. The van der Waals surface area contributed by atoms with Crippen molar-refractivity contribution >= 4 is 6.29 Å². The maximum absolute atomic E-state index is 10.4. The third-order valence-electron chi connectivity index (χ3n) is 3.17. The van der Waals surface area contributed by atoms with Crippen LogP contribution in [0.5, 0.6) is 0 Å². The molecule has 0 spiro atoms. The molecule has 0 aromatic carbocycles. The summed E-state index contributed by atoms with van der Waals surface area (Å²) in [6.07, 6.45) is 10.5. The SMILES string of the molecule is O=Cc1cn(CCC2CCCCC2)nn1. The van der Waals surface area contributed by atoms with Crippen molar-refractivity contribution in [3.8, 4) is 0 Å². The van der Waals surface area contributed by atoms with Crippen LogP contribution < -0.4 is 0 Å². The Labute approximate surface area is 89.7 Å². The lowest BCUT2D eigenvalue weighted by Crippen LogP contribution is -2.10. The fourth-order valence-corrected chi connectivity index (χ4v) is 2.27. The van der Waals surface area contributed by atoms with Crippen LogP contribution in [0.3, 0.4) is 0 Å². The van der Waals surface area contributed by atoms with Crippen molar-refractivity contribution in [2.45, 2.75) is 45.1 Å². The van der Waals surface area contributed by atoms with E-state index in [-0.39, 0.29) is 0 Å². The first-order valence-electron chi connectivity index (χ1n) is 5.74. The molecule has 0 radical (unpaired) electrons. The molecule has 0 aliphatic heterocycles. The molecule has 1 aromatic heterocycles. The predicted molar refractivity (Wildman–Crippen MR) is 56.6 cm³/mol. The lowest BCUT2D eigenvalue weighted by atomic mass is 9.87. The van der Waals surface area contributed by atoms with Crippen molar-refractivity contribution in [1.82, 2.24) is 15.0 Å². The van der Waals surface area contributed by atoms with Gasteiger partial charge in [0.1, 0.15) is 5.69 Å². The molecule has 1 aromatic rings. The lowest BCUT2D eigenvalue weighted by molar-refractivity contribution is 0.111. The van der Waals surface area contributed by atoms with Gasteiger partial charge in [-0.25, -0.2) is 0 Å². The molecule has 2 rings (SSSR count). The summed E-state index contributed by atoms with van der Waals surface area (Å²) in [4.78, 5) is 10.4. The van der Waals surface area contributed by atoms with Crippen LogP contribution in [0.15, 0.2) is 6.20 Å². The summed E-state index contributed by atoms with van der Waals surface area (Å²) >= 11 is 0. The zero-order chi connectivity index (χ0) is 10.5. The van der Waals surface area contributed by atoms with E-state index in [0.717, 1.165) is 18.7 Å². The molecule has 15 heavy (non-hydrogen) atoms. The molecule has 0 bridgehead atoms. The zero-order valence-electron chi connectivity index (χ0n) is 8.93. The molecular formula is C11H17N3O. The predicted octanol–water partition coefficient (Wildman–Crippen LogP) is 2.06. The molecule has 0 atom stereocenters. The highest BCUT2D eigenvalue weighted by atomic mass is 16.1. The Morgan fingerprint density at radius 2 is 2.20 bits per heavy atom. The monoisotopic (exact) mass is 207 g/mol. The van der Waals surface area contributed by atoms with Gasteiger partial charge in [-0.2, -0.15) is 0 Å². The maximum Gasteiger partial charge on any atom is 0.171 e. The third kappa shape index (κ3) is 2.88. The van der Waals surface area contributed by atoms with Gasteiger partial charge in [0.2, 0.25) is 0 Å². The van der Waals surface area contributed by atoms with Crippen molar-refractivity contribution in [3.05, 3.63) is 11.9 Å². The summed E-state index contributed by atoms with van der Waals surface area (Å²) in [7, 11) is 0. The molecule has 1 saturated carbocycles. The van der Waals surface area contributed by atoms with Gasteiger partial charge in [-0.05, 0) is 12.3 Å². The molecule has 0 saturated heterocycles. The second-order valence-electron chi connectivity index (χ2n) is 4.32. The van der Waals surface area contributed by atoms with Gasteiger partial charge in [-0.15, -0.1) is 5.10 Å². The minimum absolute atomic E-state index is 0.429. The zero-order valence-corrected chi connectivity index (χ0v) is 8.93. The first kappa shape index (κ1) is 10.3. The molecule has 1 aliphatic carbocycles. The number of hydrogen-bond donors (Lipinski definition) is 0. The van der Waals surface area contributed by atoms with E-state index >= 15 is 0 Å². The number of aldehydes is 1. The highest BCUT2D eigenvalue weighted by molar-refractivity contribution is 5.70. The number of carbonyl (C=O) groups excluding carboxylic acids is 1. The van der Waals surface area contributed by atoms with E-state index in [4.69, 9.17) is 0 Å². The molecule has 4 heteroatoms. The van der Waals surface area contributed by atoms with Crippen molar-refractivity contribution in [1.29, 1.82) is 0 Å². The van der Waals surface area contributed by atoms with Gasteiger partial charge in [0.15, 0.2) is 6.29 Å². The topological polar surface area (TPSA) is 47.8 Å². The quantitative estimate of drug-likeness (QED) is 0.710. The molecule has 4 nitrogen and oxygen atoms in total. The number of nitrogens with zero attached hydrogens (tertiary/aromatic N) is 3. The normalized spacial score (nSPS) is 17.9. The largest absolute Gasteiger partial charge is 0.296 e. The van der Waals surface area contributed by atoms with Crippen molar-refractivity contribution in [2.75, 3.05) is 0 Å². The van der Waals surface area contributed by atoms with Crippen LogP contribution in [0.2, 0.25) is 0 Å². The number of hydrogen-bond acceptors (Lipinski definition) is 3. The highest BCUT2D eigenvalue weighted by Gasteiger charge is 2.13. The molecular weight excluding hydrogens is 190 g/mol. The van der Waals surface area contributed by atoms with Crippen LogP contribution in [0.25, 0.3) is 0 Å². The van der Waals surface area contributed by atoms with Crippen molar-refractivity contribution in [3.63, 3.8) is 0 Å². The number of aromatic nitrogens is 3. The summed E-state index contributed by atoms with van der Waals surface area (Å²) in [6, 6.07) is 0. The van der Waals surface area contributed by atoms with Gasteiger partial charge in [0, 0.05) is 6.54 Å². The summed E-state index contributed by atoms with van der Waals surface area (Å²) in [5, 5.41) is 7.65. The first-order valence-corrected chi connectivity index (χ1v) is 5.74. The fraction of sp³-hybridized carbons (Fsp3) is 0.727. The van der Waals surface area contributed by atoms with E-state index in [9.17, 15) is 4.79 Å². The third-order valence-corrected chi connectivity index (χ3v) is 3.17. The van der Waals surface area contributed by atoms with E-state index in [1.807, 2.05) is 0 Å². The standard InChI is InChI=1S/C11H17N3O/c15-9-11-8-14(13-12-11)7-6-10-4-2-1-3-5-10/h8-10H,1-7H2. The molecule has 1 heterocycles. The Morgan fingerprint density at radius 3 is 2.87 bits per heavy atom. The van der Waals surface area contributed by atoms with Gasteiger partial charge in [-0.1, -0.05) is 37.3 Å². The van der Waals surface area contributed by atoms with Crippen LogP contribution in [0.4, 0.5) is 0 Å². The van der Waals surface area contributed by atoms with Gasteiger partial charge in [0.05, 0.1) is 6.20 Å². The Bertz CT molecular complexity index is 315. The smallest absolute Gasteiger partial charge is 0.171 e. The van der Waals surface area contributed by atoms with E-state index in [0.29, 0.717) is 5.69 Å². The number of carbonyl (C=O) groups is 1. The van der Waals surface area contributed by atoms with Crippen LogP contribution in [0.1, 0.15) is 49.0 Å². The molecule has 1 fully saturated rings. The Morgan fingerprint density at radius 1 is 1.40 bits per heavy atom. The number of aryl methyl sites for hydroxylation is 1. The minimum atomic E-state index is 0.429. The van der Waals surface area contributed by atoms with E-state index < -0.39 is 0 Å².